The average Bonchev–Trinajstić information content (AvgIpc) is 2.68. The minimum atomic E-state index is -0.811. The second-order valence-corrected chi connectivity index (χ2v) is 5.72. The molecule has 3 N–H and O–H groups in total. The second kappa shape index (κ2) is 6.28. The number of amides is 1. The highest BCUT2D eigenvalue weighted by Gasteiger charge is 2.30. The summed E-state index contributed by atoms with van der Waals surface area (Å²) in [6, 6.07) is 3.44. The van der Waals surface area contributed by atoms with E-state index < -0.39 is 12.2 Å². The maximum absolute atomic E-state index is 12.0. The van der Waals surface area contributed by atoms with Gasteiger partial charge in [0.15, 0.2) is 0 Å². The molecule has 2 rings (SSSR count). The number of halogens is 2. The van der Waals surface area contributed by atoms with E-state index in [9.17, 15) is 15.0 Å². The Morgan fingerprint density at radius 3 is 2.55 bits per heavy atom. The Hall–Kier alpha value is -0.850. The van der Waals surface area contributed by atoms with Crippen LogP contribution in [0.1, 0.15) is 5.56 Å². The minimum absolute atomic E-state index is 0.0642. The van der Waals surface area contributed by atoms with Gasteiger partial charge < -0.3 is 15.5 Å². The van der Waals surface area contributed by atoms with E-state index in [1.165, 1.54) is 0 Å². The van der Waals surface area contributed by atoms with Crippen molar-refractivity contribution in [3.63, 3.8) is 0 Å². The smallest absolute Gasteiger partial charge is 0.238 e. The first-order valence-corrected chi connectivity index (χ1v) is 6.97. The van der Waals surface area contributed by atoms with Gasteiger partial charge in [0.1, 0.15) is 0 Å². The molecule has 110 valence electrons. The van der Waals surface area contributed by atoms with Crippen molar-refractivity contribution in [3.8, 4) is 0 Å². The Morgan fingerprint density at radius 2 is 1.95 bits per heavy atom. The van der Waals surface area contributed by atoms with Gasteiger partial charge in [0, 0.05) is 13.1 Å². The first-order valence-electron chi connectivity index (χ1n) is 6.21. The summed E-state index contributed by atoms with van der Waals surface area (Å²) < 4.78 is 0. The second-order valence-electron chi connectivity index (χ2n) is 4.93. The van der Waals surface area contributed by atoms with E-state index in [-0.39, 0.29) is 25.5 Å². The Bertz CT molecular complexity index is 515. The highest BCUT2D eigenvalue weighted by Crippen LogP contribution is 2.32. The van der Waals surface area contributed by atoms with Gasteiger partial charge in [0.05, 0.1) is 34.5 Å². The van der Waals surface area contributed by atoms with E-state index in [0.717, 1.165) is 5.56 Å². The van der Waals surface area contributed by atoms with Gasteiger partial charge in [-0.3, -0.25) is 9.69 Å². The molecule has 0 bridgehead atoms. The number of aryl methyl sites for hydroxylation is 1. The van der Waals surface area contributed by atoms with Crippen molar-refractivity contribution in [2.45, 2.75) is 19.1 Å². The van der Waals surface area contributed by atoms with Crippen molar-refractivity contribution in [1.29, 1.82) is 0 Å². The van der Waals surface area contributed by atoms with Crippen molar-refractivity contribution < 1.29 is 15.0 Å². The van der Waals surface area contributed by atoms with Gasteiger partial charge in [-0.15, -0.1) is 0 Å². The number of carbonyl (C=O) groups excluding carboxylic acids is 1. The van der Waals surface area contributed by atoms with Gasteiger partial charge in [0.2, 0.25) is 5.91 Å². The van der Waals surface area contributed by atoms with Gasteiger partial charge in [-0.25, -0.2) is 0 Å². The summed E-state index contributed by atoms with van der Waals surface area (Å²) in [5, 5.41) is 22.3. The third-order valence-electron chi connectivity index (χ3n) is 3.25. The van der Waals surface area contributed by atoms with Crippen molar-refractivity contribution in [3.05, 3.63) is 27.7 Å². The number of anilines is 1. The van der Waals surface area contributed by atoms with E-state index in [1.807, 2.05) is 6.92 Å². The van der Waals surface area contributed by atoms with Crippen LogP contribution in [-0.2, 0) is 4.79 Å². The largest absolute Gasteiger partial charge is 0.389 e. The van der Waals surface area contributed by atoms with Crippen LogP contribution in [0.5, 0.6) is 0 Å². The molecular weight excluding hydrogens is 303 g/mol. The maximum atomic E-state index is 12.0. The number of rotatable bonds is 3. The summed E-state index contributed by atoms with van der Waals surface area (Å²) in [5.41, 5.74) is 1.21. The van der Waals surface area contributed by atoms with Crippen molar-refractivity contribution in [2.24, 2.45) is 0 Å². The lowest BCUT2D eigenvalue weighted by atomic mass is 10.2. The van der Waals surface area contributed by atoms with Crippen molar-refractivity contribution >= 4 is 34.8 Å². The Morgan fingerprint density at radius 1 is 1.35 bits per heavy atom. The molecule has 1 fully saturated rings. The predicted molar refractivity (Wildman–Crippen MR) is 78.3 cm³/mol. The molecule has 1 saturated heterocycles. The Kier molecular flexibility index (Phi) is 4.88. The molecule has 7 heteroatoms. The van der Waals surface area contributed by atoms with Gasteiger partial charge in [-0.2, -0.15) is 0 Å². The van der Waals surface area contributed by atoms with Crippen LogP contribution in [-0.4, -0.2) is 52.9 Å². The zero-order valence-electron chi connectivity index (χ0n) is 10.9. The molecule has 0 aliphatic carbocycles. The van der Waals surface area contributed by atoms with Crippen molar-refractivity contribution in [2.75, 3.05) is 25.0 Å². The number of nitrogens with one attached hydrogen (secondary N) is 1. The zero-order chi connectivity index (χ0) is 14.9. The molecule has 1 amide bonds. The SMILES string of the molecule is Cc1ccc(Cl)c(NC(=O)CN2CC(O)C(O)C2)c1Cl. The number of carbonyl (C=O) groups is 1. The highest BCUT2D eigenvalue weighted by atomic mass is 35.5. The van der Waals surface area contributed by atoms with Crippen LogP contribution in [0.3, 0.4) is 0 Å². The number of aliphatic hydroxyl groups is 2. The molecule has 0 saturated carbocycles. The summed E-state index contributed by atoms with van der Waals surface area (Å²) in [5.74, 6) is -0.291. The zero-order valence-corrected chi connectivity index (χ0v) is 12.4. The number of β-amino-alcohol motifs (C(OH)–C–C–N with tert-alkyl or cyclic N) is 2. The minimum Gasteiger partial charge on any atom is -0.389 e. The molecule has 2 unspecified atom stereocenters. The monoisotopic (exact) mass is 318 g/mol. The summed E-state index contributed by atoms with van der Waals surface area (Å²) in [7, 11) is 0. The number of aliphatic hydroxyl groups excluding tert-OH is 2. The van der Waals surface area contributed by atoms with E-state index in [0.29, 0.717) is 15.7 Å². The number of benzene rings is 1. The predicted octanol–water partition coefficient (Wildman–Crippen LogP) is 1.28. The molecule has 2 atom stereocenters. The lowest BCUT2D eigenvalue weighted by Crippen LogP contribution is -2.32. The number of hydrogen-bond donors (Lipinski definition) is 3. The summed E-state index contributed by atoms with van der Waals surface area (Å²) in [6.07, 6.45) is -1.62. The topological polar surface area (TPSA) is 72.8 Å². The van der Waals surface area contributed by atoms with Crippen molar-refractivity contribution in [1.82, 2.24) is 4.90 Å². The van der Waals surface area contributed by atoms with E-state index in [2.05, 4.69) is 5.32 Å². The summed E-state index contributed by atoms with van der Waals surface area (Å²) in [6.45, 7) is 2.42. The standard InChI is InChI=1S/C13H16Cl2N2O3/c1-7-2-3-8(14)13(12(7)15)16-11(20)6-17-4-9(18)10(19)5-17/h2-3,9-10,18-19H,4-6H2,1H3,(H,16,20). The van der Waals surface area contributed by atoms with Crippen LogP contribution in [0.25, 0.3) is 0 Å². The van der Waals surface area contributed by atoms with Gasteiger partial charge in [0.25, 0.3) is 0 Å². The third kappa shape index (κ3) is 3.42. The Labute approximate surface area is 127 Å². The molecule has 1 aromatic carbocycles. The fourth-order valence-electron chi connectivity index (χ4n) is 2.13. The third-order valence-corrected chi connectivity index (χ3v) is 4.05. The van der Waals surface area contributed by atoms with Gasteiger partial charge in [-0.1, -0.05) is 29.3 Å². The molecule has 1 aliphatic heterocycles. The molecule has 0 spiro atoms. The average molecular weight is 319 g/mol. The number of nitrogens with zero attached hydrogens (tertiary/aromatic N) is 1. The molecule has 5 nitrogen and oxygen atoms in total. The molecule has 0 radical (unpaired) electrons. The lowest BCUT2D eigenvalue weighted by molar-refractivity contribution is -0.117. The van der Waals surface area contributed by atoms with E-state index >= 15 is 0 Å². The van der Waals surface area contributed by atoms with Gasteiger partial charge in [-0.05, 0) is 18.6 Å². The molecule has 1 aromatic rings. The number of likely N-dealkylation sites (tertiary alicyclic amines) is 1. The summed E-state index contributed by atoms with van der Waals surface area (Å²) >= 11 is 12.1. The summed E-state index contributed by atoms with van der Waals surface area (Å²) in [4.78, 5) is 13.6. The first-order chi connectivity index (χ1) is 9.38. The lowest BCUT2D eigenvalue weighted by Gasteiger charge is -2.16. The Balaban J connectivity index is 2.01. The van der Waals surface area contributed by atoms with Gasteiger partial charge >= 0.3 is 0 Å². The molecule has 1 heterocycles. The molecular formula is C13H16Cl2N2O3. The van der Waals surface area contributed by atoms with E-state index in [4.69, 9.17) is 23.2 Å². The maximum Gasteiger partial charge on any atom is 0.238 e. The number of hydrogen-bond acceptors (Lipinski definition) is 4. The van der Waals surface area contributed by atoms with Crippen LogP contribution < -0.4 is 5.32 Å². The van der Waals surface area contributed by atoms with Crippen LogP contribution in [0.15, 0.2) is 12.1 Å². The molecule has 0 aromatic heterocycles. The fraction of sp³-hybridized carbons (Fsp3) is 0.462. The van der Waals surface area contributed by atoms with Crippen LogP contribution in [0, 0.1) is 6.92 Å². The fourth-order valence-corrected chi connectivity index (χ4v) is 2.59. The molecule has 1 aliphatic rings. The molecule has 20 heavy (non-hydrogen) atoms. The normalized spacial score (nSPS) is 23.1. The van der Waals surface area contributed by atoms with Crippen LogP contribution in [0.2, 0.25) is 10.0 Å². The highest BCUT2D eigenvalue weighted by molar-refractivity contribution is 6.40. The van der Waals surface area contributed by atoms with Crippen LogP contribution >= 0.6 is 23.2 Å². The van der Waals surface area contributed by atoms with Crippen LogP contribution in [0.4, 0.5) is 5.69 Å². The van der Waals surface area contributed by atoms with E-state index in [1.54, 1.807) is 17.0 Å². The first kappa shape index (κ1) is 15.5. The quantitative estimate of drug-likeness (QED) is 0.785.